The van der Waals surface area contributed by atoms with Crippen LogP contribution in [-0.4, -0.2) is 14.5 Å². The standard InChI is InChI=1S/C44H25N3S/c1-2-13-27(14-3-1)40-44(46-41-30-17-7-6-12-26(30)22-23-35(41)45-40)47-36-21-11-10-20-33(36)38-31-18-8-9-19-32(31)39-34-24-28-15-4-5-16-29(28)25-37(34)48-43(39)42(38)47/h1-25H. The van der Waals surface area contributed by atoms with Gasteiger partial charge in [0.25, 0.3) is 0 Å². The van der Waals surface area contributed by atoms with Crippen molar-refractivity contribution in [3.05, 3.63) is 152 Å². The Hall–Kier alpha value is -6.10. The first-order valence-corrected chi connectivity index (χ1v) is 17.1. The third-order valence-corrected chi connectivity index (χ3v) is 11.1. The highest BCUT2D eigenvalue weighted by atomic mass is 32.1. The SMILES string of the molecule is c1ccc(-c2nc3ccc4ccccc4c3nc2-n2c3ccccc3c3c4ccccc4c4c5cc6ccccc6cc5sc4c32)cc1. The molecule has 3 aromatic heterocycles. The van der Waals surface area contributed by atoms with E-state index < -0.39 is 0 Å². The summed E-state index contributed by atoms with van der Waals surface area (Å²) < 4.78 is 4.96. The fourth-order valence-electron chi connectivity index (χ4n) is 7.81. The van der Waals surface area contributed by atoms with Crippen molar-refractivity contribution in [2.75, 3.05) is 0 Å². The van der Waals surface area contributed by atoms with Crippen molar-refractivity contribution in [1.82, 2.24) is 14.5 Å². The molecule has 11 rings (SSSR count). The van der Waals surface area contributed by atoms with Crippen LogP contribution in [0.1, 0.15) is 0 Å². The second-order valence-electron chi connectivity index (χ2n) is 12.5. The summed E-state index contributed by atoms with van der Waals surface area (Å²) in [4.78, 5) is 11.0. The molecule has 4 heteroatoms. The van der Waals surface area contributed by atoms with E-state index >= 15 is 0 Å². The monoisotopic (exact) mass is 627 g/mol. The minimum Gasteiger partial charge on any atom is -0.290 e. The number of benzene rings is 8. The summed E-state index contributed by atoms with van der Waals surface area (Å²) in [6.45, 7) is 0. The van der Waals surface area contributed by atoms with Gasteiger partial charge in [0.2, 0.25) is 0 Å². The van der Waals surface area contributed by atoms with Crippen LogP contribution in [0.3, 0.4) is 0 Å². The van der Waals surface area contributed by atoms with E-state index in [-0.39, 0.29) is 0 Å². The molecule has 0 spiro atoms. The topological polar surface area (TPSA) is 30.7 Å². The highest BCUT2D eigenvalue weighted by Gasteiger charge is 2.25. The molecule has 11 aromatic rings. The second-order valence-corrected chi connectivity index (χ2v) is 13.6. The predicted octanol–water partition coefficient (Wildman–Crippen LogP) is 12.2. The minimum atomic E-state index is 0.843. The number of fused-ring (bicyclic) bond motifs is 14. The summed E-state index contributed by atoms with van der Waals surface area (Å²) in [5.74, 6) is 0.843. The lowest BCUT2D eigenvalue weighted by atomic mass is 9.98. The highest BCUT2D eigenvalue weighted by molar-refractivity contribution is 7.27. The zero-order valence-electron chi connectivity index (χ0n) is 25.7. The van der Waals surface area contributed by atoms with Crippen LogP contribution in [0.4, 0.5) is 0 Å². The number of hydrogen-bond acceptors (Lipinski definition) is 3. The molecule has 0 aliphatic carbocycles. The van der Waals surface area contributed by atoms with Crippen molar-refractivity contribution in [2.45, 2.75) is 0 Å². The number of thiophene rings is 1. The quantitative estimate of drug-likeness (QED) is 0.179. The zero-order valence-corrected chi connectivity index (χ0v) is 26.5. The Morgan fingerprint density at radius 2 is 1.12 bits per heavy atom. The number of nitrogens with zero attached hydrogens (tertiary/aromatic N) is 3. The van der Waals surface area contributed by atoms with Crippen molar-refractivity contribution in [3.63, 3.8) is 0 Å². The number of para-hydroxylation sites is 1. The van der Waals surface area contributed by atoms with Gasteiger partial charge in [-0.2, -0.15) is 0 Å². The molecule has 0 saturated heterocycles. The first-order chi connectivity index (χ1) is 23.8. The fourth-order valence-corrected chi connectivity index (χ4v) is 9.10. The summed E-state index contributed by atoms with van der Waals surface area (Å²) in [7, 11) is 0. The van der Waals surface area contributed by atoms with Crippen LogP contribution >= 0.6 is 11.3 Å². The summed E-state index contributed by atoms with van der Waals surface area (Å²) in [5.41, 5.74) is 6.02. The van der Waals surface area contributed by atoms with Crippen LogP contribution in [0.25, 0.3) is 102 Å². The summed E-state index contributed by atoms with van der Waals surface area (Å²) in [6, 6.07) is 54.4. The molecule has 0 saturated carbocycles. The van der Waals surface area contributed by atoms with Gasteiger partial charge in [-0.25, -0.2) is 9.97 Å². The van der Waals surface area contributed by atoms with E-state index in [9.17, 15) is 0 Å². The summed E-state index contributed by atoms with van der Waals surface area (Å²) in [5, 5.41) is 12.4. The van der Waals surface area contributed by atoms with Crippen molar-refractivity contribution in [1.29, 1.82) is 0 Å². The maximum atomic E-state index is 5.61. The van der Waals surface area contributed by atoms with Crippen LogP contribution < -0.4 is 0 Å². The first-order valence-electron chi connectivity index (χ1n) is 16.3. The third-order valence-electron chi connectivity index (χ3n) is 9.91. The molecule has 0 unspecified atom stereocenters. The van der Waals surface area contributed by atoms with Gasteiger partial charge in [0.05, 0.1) is 26.8 Å². The molecule has 48 heavy (non-hydrogen) atoms. The van der Waals surface area contributed by atoms with E-state index in [4.69, 9.17) is 9.97 Å². The van der Waals surface area contributed by atoms with Gasteiger partial charge >= 0.3 is 0 Å². The molecule has 222 valence electrons. The van der Waals surface area contributed by atoms with Gasteiger partial charge in [0.1, 0.15) is 5.69 Å². The maximum absolute atomic E-state index is 5.61. The van der Waals surface area contributed by atoms with Crippen molar-refractivity contribution < 1.29 is 0 Å². The van der Waals surface area contributed by atoms with E-state index in [0.717, 1.165) is 44.4 Å². The Morgan fingerprint density at radius 3 is 1.94 bits per heavy atom. The number of aromatic nitrogens is 3. The van der Waals surface area contributed by atoms with E-state index in [1.807, 2.05) is 11.3 Å². The maximum Gasteiger partial charge on any atom is 0.165 e. The molecule has 0 aliphatic heterocycles. The Labute approximate surface area is 278 Å². The van der Waals surface area contributed by atoms with Crippen LogP contribution in [0.5, 0.6) is 0 Å². The van der Waals surface area contributed by atoms with Gasteiger partial charge in [-0.1, -0.05) is 127 Å². The van der Waals surface area contributed by atoms with E-state index in [2.05, 4.69) is 156 Å². The Kier molecular flexibility index (Phi) is 5.26. The molecule has 0 N–H and O–H groups in total. The highest BCUT2D eigenvalue weighted by Crippen LogP contribution is 2.49. The van der Waals surface area contributed by atoms with Crippen LogP contribution in [-0.2, 0) is 0 Å². The van der Waals surface area contributed by atoms with Gasteiger partial charge < -0.3 is 0 Å². The van der Waals surface area contributed by atoms with Crippen LogP contribution in [0.2, 0.25) is 0 Å². The largest absolute Gasteiger partial charge is 0.290 e. The molecule has 3 heterocycles. The minimum absolute atomic E-state index is 0.843. The molecule has 0 atom stereocenters. The third kappa shape index (κ3) is 3.52. The van der Waals surface area contributed by atoms with E-state index in [0.29, 0.717) is 0 Å². The van der Waals surface area contributed by atoms with Gasteiger partial charge in [0.15, 0.2) is 5.82 Å². The normalized spacial score (nSPS) is 12.2. The molecule has 0 fully saturated rings. The smallest absolute Gasteiger partial charge is 0.165 e. The van der Waals surface area contributed by atoms with E-state index in [1.54, 1.807) is 0 Å². The van der Waals surface area contributed by atoms with Crippen molar-refractivity contribution in [3.8, 4) is 17.1 Å². The molecular formula is C44H25N3S. The molecule has 0 amide bonds. The average molecular weight is 628 g/mol. The zero-order chi connectivity index (χ0) is 31.3. The van der Waals surface area contributed by atoms with Crippen LogP contribution in [0.15, 0.2) is 152 Å². The Balaban J connectivity index is 1.41. The molecule has 0 radical (unpaired) electrons. The fraction of sp³-hybridized carbons (Fsp3) is 0. The lowest BCUT2D eigenvalue weighted by molar-refractivity contribution is 1.09. The first kappa shape index (κ1) is 26.0. The molecular weight excluding hydrogens is 603 g/mol. The van der Waals surface area contributed by atoms with Gasteiger partial charge in [-0.3, -0.25) is 4.57 Å². The number of rotatable bonds is 2. The van der Waals surface area contributed by atoms with Crippen molar-refractivity contribution in [2.24, 2.45) is 0 Å². The second kappa shape index (κ2) is 9.71. The van der Waals surface area contributed by atoms with E-state index in [1.165, 1.54) is 58.0 Å². The molecule has 0 aliphatic rings. The lowest BCUT2D eigenvalue weighted by Crippen LogP contribution is -2.04. The van der Waals surface area contributed by atoms with Gasteiger partial charge in [-0.05, 0) is 51.2 Å². The summed E-state index contributed by atoms with van der Waals surface area (Å²) in [6.07, 6.45) is 0. The summed E-state index contributed by atoms with van der Waals surface area (Å²) >= 11 is 1.88. The Bertz CT molecular complexity index is 3120. The average Bonchev–Trinajstić information content (AvgIpc) is 3.70. The number of hydrogen-bond donors (Lipinski definition) is 0. The Morgan fingerprint density at radius 1 is 0.479 bits per heavy atom. The van der Waals surface area contributed by atoms with Crippen molar-refractivity contribution >= 4 is 96.7 Å². The molecule has 0 bridgehead atoms. The molecule has 3 nitrogen and oxygen atoms in total. The predicted molar refractivity (Wildman–Crippen MR) is 205 cm³/mol. The van der Waals surface area contributed by atoms with Gasteiger partial charge in [-0.15, -0.1) is 11.3 Å². The lowest BCUT2D eigenvalue weighted by Gasteiger charge is -2.15. The van der Waals surface area contributed by atoms with Gasteiger partial charge in [0, 0.05) is 37.2 Å². The molecule has 8 aromatic carbocycles. The van der Waals surface area contributed by atoms with Crippen LogP contribution in [0, 0.1) is 0 Å².